The van der Waals surface area contributed by atoms with Gasteiger partial charge >= 0.3 is 11.9 Å². The molecule has 0 fully saturated rings. The van der Waals surface area contributed by atoms with Crippen molar-refractivity contribution >= 4 is 24.4 Å². The van der Waals surface area contributed by atoms with Crippen LogP contribution >= 0.6 is 0 Å². The lowest BCUT2D eigenvalue weighted by atomic mass is 10.7. The van der Waals surface area contributed by atoms with E-state index < -0.39 is 11.9 Å². The first-order chi connectivity index (χ1) is 5.70. The molecule has 0 aromatic carbocycles. The second kappa shape index (κ2) is 5.83. The van der Waals surface area contributed by atoms with E-state index in [1.807, 2.05) is 0 Å². The molecule has 7 nitrogen and oxygen atoms in total. The van der Waals surface area contributed by atoms with E-state index in [0.717, 1.165) is 0 Å². The molecular weight excluding hydrogens is 168 g/mol. The molecule has 0 spiro atoms. The summed E-state index contributed by atoms with van der Waals surface area (Å²) in [4.78, 5) is 25.0. The molecule has 1 N–H and O–H groups in total. The van der Waals surface area contributed by atoms with E-state index in [1.165, 1.54) is 7.11 Å². The molecule has 0 aromatic rings. The van der Waals surface area contributed by atoms with Crippen LogP contribution in [0.15, 0.2) is 10.3 Å². The molecule has 0 unspecified atom stereocenters. The van der Waals surface area contributed by atoms with Crippen LogP contribution in [0.4, 0.5) is 0 Å². The topological polar surface area (TPSA) is 97.6 Å². The number of hydrogen-bond donors (Lipinski definition) is 1. The van der Waals surface area contributed by atoms with Crippen LogP contribution in [0.1, 0.15) is 0 Å². The Hall–Kier alpha value is -1.92. The number of oxime groups is 2. The van der Waals surface area contributed by atoms with E-state index in [4.69, 9.17) is 5.21 Å². The van der Waals surface area contributed by atoms with Crippen LogP contribution in [0.25, 0.3) is 0 Å². The van der Waals surface area contributed by atoms with Crippen LogP contribution in [-0.2, 0) is 19.2 Å². The molecule has 0 aliphatic rings. The maximum Gasteiger partial charge on any atom is 0.360 e. The molecule has 0 radical (unpaired) electrons. The van der Waals surface area contributed by atoms with Gasteiger partial charge in [-0.05, 0) is 0 Å². The van der Waals surface area contributed by atoms with E-state index in [1.54, 1.807) is 0 Å². The molecule has 0 heterocycles. The van der Waals surface area contributed by atoms with Crippen LogP contribution in [-0.4, -0.2) is 36.7 Å². The van der Waals surface area contributed by atoms with E-state index >= 15 is 0 Å². The molecule has 0 saturated heterocycles. The van der Waals surface area contributed by atoms with Crippen LogP contribution in [0, 0.1) is 0 Å². The Bertz CT molecular complexity index is 222. The molecule has 0 rings (SSSR count). The summed E-state index contributed by atoms with van der Waals surface area (Å²) >= 11 is 0. The minimum Gasteiger partial charge on any atom is -0.411 e. The Kier molecular flexibility index (Phi) is 4.90. The van der Waals surface area contributed by atoms with Crippen molar-refractivity contribution in [2.75, 3.05) is 7.11 Å². The number of nitrogens with zero attached hydrogens (tertiary/aromatic N) is 2. The van der Waals surface area contributed by atoms with Crippen molar-refractivity contribution in [3.8, 4) is 0 Å². The van der Waals surface area contributed by atoms with Gasteiger partial charge in [-0.3, -0.25) is 0 Å². The molecule has 0 aliphatic carbocycles. The zero-order chi connectivity index (χ0) is 9.40. The zero-order valence-electron chi connectivity index (χ0n) is 6.13. The molecule has 0 bridgehead atoms. The number of carbonyl (C=O) groups excluding carboxylic acids is 2. The lowest BCUT2D eigenvalue weighted by Gasteiger charge is -1.91. The largest absolute Gasteiger partial charge is 0.411 e. The fourth-order valence-electron chi connectivity index (χ4n) is 0.295. The van der Waals surface area contributed by atoms with Crippen molar-refractivity contribution in [1.82, 2.24) is 0 Å². The SMILES string of the molecule is CON=CC(=O)OC(=O)C=NO. The normalized spacial score (nSPS) is 10.4. The Morgan fingerprint density at radius 3 is 2.42 bits per heavy atom. The third-order valence-electron chi connectivity index (χ3n) is 0.628. The summed E-state index contributed by atoms with van der Waals surface area (Å²) in [6.07, 6.45) is 1.08. The molecule has 0 aliphatic heterocycles. The predicted octanol–water partition coefficient (Wildman–Crippen LogP) is -0.852. The minimum absolute atomic E-state index is 0.429. The van der Waals surface area contributed by atoms with Gasteiger partial charge in [0.1, 0.15) is 7.11 Å². The van der Waals surface area contributed by atoms with Crippen LogP contribution in [0.2, 0.25) is 0 Å². The first kappa shape index (κ1) is 10.1. The number of carbonyl (C=O) groups is 2. The van der Waals surface area contributed by atoms with Gasteiger partial charge in [0.2, 0.25) is 0 Å². The molecule has 12 heavy (non-hydrogen) atoms. The molecular formula is C5H6N2O5. The van der Waals surface area contributed by atoms with E-state index in [9.17, 15) is 9.59 Å². The summed E-state index contributed by atoms with van der Waals surface area (Å²) in [6.45, 7) is 0. The third kappa shape index (κ3) is 4.91. The highest BCUT2D eigenvalue weighted by molar-refractivity contribution is 6.32. The van der Waals surface area contributed by atoms with Gasteiger partial charge in [-0.25, -0.2) is 9.59 Å². The number of hydrogen-bond acceptors (Lipinski definition) is 7. The molecule has 0 aromatic heterocycles. The second-order valence-electron chi connectivity index (χ2n) is 1.40. The Balaban J connectivity index is 3.85. The maximum atomic E-state index is 10.5. The van der Waals surface area contributed by atoms with Crippen LogP contribution in [0.5, 0.6) is 0 Å². The van der Waals surface area contributed by atoms with E-state index in [2.05, 4.69) is 19.9 Å². The van der Waals surface area contributed by atoms with E-state index in [0.29, 0.717) is 12.4 Å². The quantitative estimate of drug-likeness (QED) is 0.197. The van der Waals surface area contributed by atoms with Crippen molar-refractivity contribution in [1.29, 1.82) is 0 Å². The highest BCUT2D eigenvalue weighted by Gasteiger charge is 2.04. The fourth-order valence-corrected chi connectivity index (χ4v) is 0.295. The fraction of sp³-hybridized carbons (Fsp3) is 0.200. The van der Waals surface area contributed by atoms with E-state index in [-0.39, 0.29) is 0 Å². The minimum atomic E-state index is -1.09. The maximum absolute atomic E-state index is 10.5. The smallest absolute Gasteiger partial charge is 0.360 e. The summed E-state index contributed by atoms with van der Waals surface area (Å²) in [5.41, 5.74) is 0. The summed E-state index contributed by atoms with van der Waals surface area (Å²) in [6, 6.07) is 0. The van der Waals surface area contributed by atoms with Gasteiger partial charge < -0.3 is 14.8 Å². The highest BCUT2D eigenvalue weighted by Crippen LogP contribution is 1.76. The Labute approximate surface area is 67.2 Å². The first-order valence-electron chi connectivity index (χ1n) is 2.70. The highest BCUT2D eigenvalue weighted by atomic mass is 16.6. The van der Waals surface area contributed by atoms with Crippen LogP contribution < -0.4 is 0 Å². The number of esters is 2. The predicted molar refractivity (Wildman–Crippen MR) is 36.9 cm³/mol. The summed E-state index contributed by atoms with van der Waals surface area (Å²) in [7, 11) is 1.22. The molecule has 0 saturated carbocycles. The summed E-state index contributed by atoms with van der Waals surface area (Å²) in [5.74, 6) is -2.10. The zero-order valence-corrected chi connectivity index (χ0v) is 6.13. The lowest BCUT2D eigenvalue weighted by molar-refractivity contribution is -0.149. The first-order valence-corrected chi connectivity index (χ1v) is 2.70. The molecule has 7 heteroatoms. The van der Waals surface area contributed by atoms with Crippen molar-refractivity contribution in [3.05, 3.63) is 0 Å². The van der Waals surface area contributed by atoms with Gasteiger partial charge in [0.25, 0.3) is 0 Å². The summed E-state index contributed by atoms with van der Waals surface area (Å²) < 4.78 is 3.98. The van der Waals surface area contributed by atoms with Crippen LogP contribution in [0.3, 0.4) is 0 Å². The molecule has 0 atom stereocenters. The second-order valence-corrected chi connectivity index (χ2v) is 1.40. The monoisotopic (exact) mass is 174 g/mol. The number of ether oxygens (including phenoxy) is 1. The average Bonchev–Trinajstić information content (AvgIpc) is 2.01. The van der Waals surface area contributed by atoms with Crippen molar-refractivity contribution in [2.45, 2.75) is 0 Å². The van der Waals surface area contributed by atoms with Crippen molar-refractivity contribution < 1.29 is 24.4 Å². The summed E-state index contributed by atoms with van der Waals surface area (Å²) in [5, 5.41) is 13.2. The van der Waals surface area contributed by atoms with Crippen molar-refractivity contribution in [2.24, 2.45) is 10.3 Å². The average molecular weight is 174 g/mol. The molecule has 66 valence electrons. The Morgan fingerprint density at radius 1 is 1.33 bits per heavy atom. The van der Waals surface area contributed by atoms with Gasteiger partial charge in [0, 0.05) is 0 Å². The van der Waals surface area contributed by atoms with Gasteiger partial charge in [0.05, 0.1) is 0 Å². The third-order valence-corrected chi connectivity index (χ3v) is 0.628. The van der Waals surface area contributed by atoms with Gasteiger partial charge in [-0.2, -0.15) is 0 Å². The van der Waals surface area contributed by atoms with Gasteiger partial charge in [-0.15, -0.1) is 0 Å². The lowest BCUT2D eigenvalue weighted by Crippen LogP contribution is -2.13. The van der Waals surface area contributed by atoms with Gasteiger partial charge in [0.15, 0.2) is 12.4 Å². The standard InChI is InChI=1S/C5H6N2O5/c1-11-7-3-5(9)12-4(8)2-6-10/h2-3,10H,1H3. The van der Waals surface area contributed by atoms with Crippen molar-refractivity contribution in [3.63, 3.8) is 0 Å². The number of rotatable bonds is 3. The Morgan fingerprint density at radius 2 is 1.92 bits per heavy atom. The van der Waals surface area contributed by atoms with Gasteiger partial charge in [-0.1, -0.05) is 10.3 Å². The molecule has 0 amide bonds.